The first kappa shape index (κ1) is 13.2. The standard InChI is InChI=1S/C15H25N/c1-11-7-13(3)14(8-12(11)2)9-15(4,5)10-16-6/h7-8,16H,9-10H2,1-6H3. The summed E-state index contributed by atoms with van der Waals surface area (Å²) in [6.45, 7) is 12.3. The van der Waals surface area contributed by atoms with E-state index in [1.165, 1.54) is 22.3 Å². The Hall–Kier alpha value is -0.820. The summed E-state index contributed by atoms with van der Waals surface area (Å²) < 4.78 is 0. The zero-order valence-electron chi connectivity index (χ0n) is 11.6. The Morgan fingerprint density at radius 3 is 2.12 bits per heavy atom. The SMILES string of the molecule is CNCC(C)(C)Cc1cc(C)c(C)cc1C. The summed E-state index contributed by atoms with van der Waals surface area (Å²) >= 11 is 0. The molecule has 90 valence electrons. The molecule has 1 aromatic carbocycles. The van der Waals surface area contributed by atoms with Gasteiger partial charge in [0.05, 0.1) is 0 Å². The number of nitrogens with one attached hydrogen (secondary N) is 1. The fourth-order valence-electron chi connectivity index (χ4n) is 2.27. The molecule has 0 saturated heterocycles. The van der Waals surface area contributed by atoms with Crippen molar-refractivity contribution in [3.63, 3.8) is 0 Å². The van der Waals surface area contributed by atoms with Gasteiger partial charge >= 0.3 is 0 Å². The van der Waals surface area contributed by atoms with E-state index in [9.17, 15) is 0 Å². The van der Waals surface area contributed by atoms with Crippen LogP contribution in [0.15, 0.2) is 12.1 Å². The fraction of sp³-hybridized carbons (Fsp3) is 0.600. The van der Waals surface area contributed by atoms with Gasteiger partial charge in [-0.1, -0.05) is 26.0 Å². The van der Waals surface area contributed by atoms with E-state index in [1.807, 2.05) is 7.05 Å². The van der Waals surface area contributed by atoms with Gasteiger partial charge in [0, 0.05) is 6.54 Å². The van der Waals surface area contributed by atoms with Gasteiger partial charge in [-0.15, -0.1) is 0 Å². The molecule has 0 bridgehead atoms. The highest BCUT2D eigenvalue weighted by Gasteiger charge is 2.18. The minimum absolute atomic E-state index is 0.321. The van der Waals surface area contributed by atoms with Crippen LogP contribution in [0, 0.1) is 26.2 Å². The lowest BCUT2D eigenvalue weighted by Crippen LogP contribution is -2.29. The molecule has 0 saturated carbocycles. The third-order valence-corrected chi connectivity index (χ3v) is 3.28. The molecule has 1 nitrogen and oxygen atoms in total. The van der Waals surface area contributed by atoms with Crippen LogP contribution in [0.3, 0.4) is 0 Å². The Labute approximate surface area is 100 Å². The molecule has 0 aliphatic carbocycles. The average Bonchev–Trinajstić information content (AvgIpc) is 2.13. The smallest absolute Gasteiger partial charge is 0.000270 e. The quantitative estimate of drug-likeness (QED) is 0.818. The van der Waals surface area contributed by atoms with Gasteiger partial charge in [-0.3, -0.25) is 0 Å². The molecule has 1 heteroatoms. The zero-order valence-corrected chi connectivity index (χ0v) is 11.6. The van der Waals surface area contributed by atoms with Crippen molar-refractivity contribution in [3.8, 4) is 0 Å². The average molecular weight is 219 g/mol. The first-order valence-electron chi connectivity index (χ1n) is 6.07. The number of rotatable bonds is 4. The maximum absolute atomic E-state index is 3.27. The van der Waals surface area contributed by atoms with E-state index in [0.29, 0.717) is 5.41 Å². The number of hydrogen-bond acceptors (Lipinski definition) is 1. The Bertz CT molecular complexity index is 364. The van der Waals surface area contributed by atoms with Crippen LogP contribution >= 0.6 is 0 Å². The van der Waals surface area contributed by atoms with Crippen molar-refractivity contribution in [1.29, 1.82) is 0 Å². The maximum Gasteiger partial charge on any atom is 0.000270 e. The first-order chi connectivity index (χ1) is 7.35. The summed E-state index contributed by atoms with van der Waals surface area (Å²) in [6, 6.07) is 4.65. The minimum Gasteiger partial charge on any atom is -0.319 e. The van der Waals surface area contributed by atoms with Crippen LogP contribution in [0.1, 0.15) is 36.1 Å². The summed E-state index contributed by atoms with van der Waals surface area (Å²) in [5.41, 5.74) is 6.03. The van der Waals surface area contributed by atoms with Gasteiger partial charge in [0.15, 0.2) is 0 Å². The molecule has 0 spiro atoms. The number of aryl methyl sites for hydroxylation is 3. The Morgan fingerprint density at radius 1 is 1.00 bits per heavy atom. The van der Waals surface area contributed by atoms with E-state index in [2.05, 4.69) is 52.1 Å². The lowest BCUT2D eigenvalue weighted by Gasteiger charge is -2.25. The summed E-state index contributed by atoms with van der Waals surface area (Å²) in [5.74, 6) is 0. The van der Waals surface area contributed by atoms with Crippen LogP contribution < -0.4 is 5.32 Å². The van der Waals surface area contributed by atoms with E-state index in [1.54, 1.807) is 0 Å². The van der Waals surface area contributed by atoms with E-state index < -0.39 is 0 Å². The molecule has 0 radical (unpaired) electrons. The van der Waals surface area contributed by atoms with E-state index >= 15 is 0 Å². The summed E-state index contributed by atoms with van der Waals surface area (Å²) in [7, 11) is 2.02. The predicted octanol–water partition coefficient (Wildman–Crippen LogP) is 3.40. The molecule has 0 fully saturated rings. The van der Waals surface area contributed by atoms with Gasteiger partial charge < -0.3 is 5.32 Å². The third kappa shape index (κ3) is 3.34. The maximum atomic E-state index is 3.27. The molecule has 0 unspecified atom stereocenters. The van der Waals surface area contributed by atoms with Crippen molar-refractivity contribution in [1.82, 2.24) is 5.32 Å². The predicted molar refractivity (Wildman–Crippen MR) is 72.1 cm³/mol. The van der Waals surface area contributed by atoms with E-state index in [-0.39, 0.29) is 0 Å². The molecular weight excluding hydrogens is 194 g/mol. The molecule has 0 aromatic heterocycles. The highest BCUT2D eigenvalue weighted by Crippen LogP contribution is 2.25. The second-order valence-corrected chi connectivity index (χ2v) is 5.73. The summed E-state index contributed by atoms with van der Waals surface area (Å²) in [4.78, 5) is 0. The van der Waals surface area contributed by atoms with Gasteiger partial charge in [0.1, 0.15) is 0 Å². The van der Waals surface area contributed by atoms with E-state index in [0.717, 1.165) is 13.0 Å². The van der Waals surface area contributed by atoms with Crippen LogP contribution in [-0.4, -0.2) is 13.6 Å². The molecule has 16 heavy (non-hydrogen) atoms. The van der Waals surface area contributed by atoms with Crippen LogP contribution in [0.4, 0.5) is 0 Å². The van der Waals surface area contributed by atoms with Crippen molar-refractivity contribution in [3.05, 3.63) is 34.4 Å². The van der Waals surface area contributed by atoms with Gasteiger partial charge in [-0.05, 0) is 61.9 Å². The zero-order chi connectivity index (χ0) is 12.3. The lowest BCUT2D eigenvalue weighted by molar-refractivity contribution is 0.349. The van der Waals surface area contributed by atoms with Gasteiger partial charge in [0.25, 0.3) is 0 Å². The third-order valence-electron chi connectivity index (χ3n) is 3.28. The van der Waals surface area contributed by atoms with Crippen LogP contribution in [0.25, 0.3) is 0 Å². The van der Waals surface area contributed by atoms with Crippen molar-refractivity contribution in [2.24, 2.45) is 5.41 Å². The second kappa shape index (κ2) is 5.01. The highest BCUT2D eigenvalue weighted by atomic mass is 14.8. The fourth-order valence-corrected chi connectivity index (χ4v) is 2.27. The van der Waals surface area contributed by atoms with E-state index in [4.69, 9.17) is 0 Å². The van der Waals surface area contributed by atoms with Crippen molar-refractivity contribution in [2.75, 3.05) is 13.6 Å². The van der Waals surface area contributed by atoms with Gasteiger partial charge in [-0.25, -0.2) is 0 Å². The molecule has 1 N–H and O–H groups in total. The molecular formula is C15H25N. The first-order valence-corrected chi connectivity index (χ1v) is 6.07. The Kier molecular flexibility index (Phi) is 4.15. The van der Waals surface area contributed by atoms with Crippen molar-refractivity contribution < 1.29 is 0 Å². The molecule has 0 amide bonds. The molecule has 0 aliphatic rings. The molecule has 1 aromatic rings. The van der Waals surface area contributed by atoms with Crippen molar-refractivity contribution in [2.45, 2.75) is 41.0 Å². The normalized spacial score (nSPS) is 11.9. The summed E-state index contributed by atoms with van der Waals surface area (Å²) in [5, 5.41) is 3.27. The largest absolute Gasteiger partial charge is 0.319 e. The monoisotopic (exact) mass is 219 g/mol. The molecule has 1 rings (SSSR count). The Balaban J connectivity index is 2.93. The van der Waals surface area contributed by atoms with Gasteiger partial charge in [0.2, 0.25) is 0 Å². The summed E-state index contributed by atoms with van der Waals surface area (Å²) in [6.07, 6.45) is 1.14. The van der Waals surface area contributed by atoms with Crippen molar-refractivity contribution >= 4 is 0 Å². The topological polar surface area (TPSA) is 12.0 Å². The number of benzene rings is 1. The van der Waals surface area contributed by atoms with Crippen LogP contribution in [0.5, 0.6) is 0 Å². The van der Waals surface area contributed by atoms with Crippen LogP contribution in [-0.2, 0) is 6.42 Å². The molecule has 0 atom stereocenters. The van der Waals surface area contributed by atoms with Gasteiger partial charge in [-0.2, -0.15) is 0 Å². The highest BCUT2D eigenvalue weighted by molar-refractivity contribution is 5.36. The molecule has 0 aliphatic heterocycles. The Morgan fingerprint density at radius 2 is 1.56 bits per heavy atom. The lowest BCUT2D eigenvalue weighted by atomic mass is 9.83. The number of hydrogen-bond donors (Lipinski definition) is 1. The molecule has 0 heterocycles. The minimum atomic E-state index is 0.321. The second-order valence-electron chi connectivity index (χ2n) is 5.73. The van der Waals surface area contributed by atoms with Crippen LogP contribution in [0.2, 0.25) is 0 Å².